The Morgan fingerprint density at radius 1 is 1.30 bits per heavy atom. The Kier molecular flexibility index (Phi) is 6.26. The molecule has 0 saturated carbocycles. The third kappa shape index (κ3) is 4.74. The van der Waals surface area contributed by atoms with Crippen LogP contribution in [-0.4, -0.2) is 43.8 Å². The number of nitrogens with two attached hydrogens (primary N) is 1. The summed E-state index contributed by atoms with van der Waals surface area (Å²) in [7, 11) is 0. The summed E-state index contributed by atoms with van der Waals surface area (Å²) in [6, 6.07) is 3.87. The fourth-order valence-electron chi connectivity index (χ4n) is 2.87. The topological polar surface area (TPSA) is 98.6 Å². The first kappa shape index (κ1) is 19.5. The molecule has 1 fully saturated rings. The Balaban J connectivity index is 0.000000253. The Morgan fingerprint density at radius 2 is 2.11 bits per heavy atom. The van der Waals surface area contributed by atoms with Crippen LogP contribution in [0.25, 0.3) is 16.9 Å². The molecule has 3 aromatic rings. The lowest BCUT2D eigenvalue weighted by Crippen LogP contribution is -2.21. The van der Waals surface area contributed by atoms with E-state index in [0.29, 0.717) is 23.2 Å². The van der Waals surface area contributed by atoms with Crippen LogP contribution in [0.1, 0.15) is 38.3 Å². The summed E-state index contributed by atoms with van der Waals surface area (Å²) in [6.45, 7) is 5.63. The number of nitrogens with zero attached hydrogens (tertiary/aromatic N) is 4. The number of aliphatic hydroxyl groups excluding tert-OH is 1. The molecular formula is C19H24ClN5O2. The molecule has 8 heteroatoms. The van der Waals surface area contributed by atoms with E-state index in [2.05, 4.69) is 33.2 Å². The SMILES string of the molecule is CC(C)c1cnc2ccc(-c3nc(N)ncc3Cl)cn12.OC1CCCOC1. The number of pyridine rings is 1. The molecule has 0 radical (unpaired) electrons. The molecule has 3 aromatic heterocycles. The van der Waals surface area contributed by atoms with Gasteiger partial charge in [-0.3, -0.25) is 0 Å². The van der Waals surface area contributed by atoms with E-state index in [9.17, 15) is 0 Å². The highest BCUT2D eigenvalue weighted by Gasteiger charge is 2.11. The van der Waals surface area contributed by atoms with Gasteiger partial charge in [0, 0.05) is 30.3 Å². The molecule has 1 saturated heterocycles. The maximum absolute atomic E-state index is 8.78. The maximum atomic E-state index is 8.78. The summed E-state index contributed by atoms with van der Waals surface area (Å²) < 4.78 is 6.98. The average molecular weight is 390 g/mol. The van der Waals surface area contributed by atoms with Crippen molar-refractivity contribution in [1.29, 1.82) is 0 Å². The lowest BCUT2D eigenvalue weighted by Gasteiger charge is -2.15. The van der Waals surface area contributed by atoms with Crippen LogP contribution in [0.5, 0.6) is 0 Å². The lowest BCUT2D eigenvalue weighted by molar-refractivity contribution is -0.00535. The molecule has 144 valence electrons. The van der Waals surface area contributed by atoms with Gasteiger partial charge >= 0.3 is 0 Å². The second-order valence-corrected chi connectivity index (χ2v) is 7.19. The van der Waals surface area contributed by atoms with Crippen molar-refractivity contribution < 1.29 is 9.84 Å². The van der Waals surface area contributed by atoms with Crippen molar-refractivity contribution in [3.63, 3.8) is 0 Å². The minimum Gasteiger partial charge on any atom is -0.391 e. The lowest BCUT2D eigenvalue weighted by atomic mass is 10.1. The van der Waals surface area contributed by atoms with E-state index < -0.39 is 0 Å². The highest BCUT2D eigenvalue weighted by Crippen LogP contribution is 2.27. The number of aliphatic hydroxyl groups is 1. The zero-order valence-electron chi connectivity index (χ0n) is 15.5. The van der Waals surface area contributed by atoms with E-state index in [4.69, 9.17) is 27.2 Å². The zero-order chi connectivity index (χ0) is 19.4. The minimum absolute atomic E-state index is 0.186. The predicted molar refractivity (Wildman–Crippen MR) is 106 cm³/mol. The number of imidazole rings is 1. The number of anilines is 1. The number of aromatic nitrogens is 4. The second kappa shape index (κ2) is 8.65. The standard InChI is InChI=1S/C14H14ClN5.C5H10O2/c1-8(2)11-6-17-12-4-3-9(7-20(11)12)13-10(15)5-18-14(16)19-13;6-5-2-1-3-7-4-5/h3-8H,1-2H3,(H2,16,18,19);5-6H,1-4H2. The first-order valence-corrected chi connectivity index (χ1v) is 9.34. The number of nitrogen functional groups attached to an aromatic ring is 1. The van der Waals surface area contributed by atoms with E-state index in [1.165, 1.54) is 6.20 Å². The number of hydrogen-bond donors (Lipinski definition) is 2. The van der Waals surface area contributed by atoms with Crippen LogP contribution in [0.2, 0.25) is 5.02 Å². The second-order valence-electron chi connectivity index (χ2n) is 6.78. The highest BCUT2D eigenvalue weighted by atomic mass is 35.5. The van der Waals surface area contributed by atoms with Crippen LogP contribution in [0.3, 0.4) is 0 Å². The van der Waals surface area contributed by atoms with Crippen LogP contribution in [0.4, 0.5) is 5.95 Å². The number of hydrogen-bond acceptors (Lipinski definition) is 6. The van der Waals surface area contributed by atoms with Gasteiger partial charge in [0.15, 0.2) is 0 Å². The van der Waals surface area contributed by atoms with Crippen molar-refractivity contribution in [1.82, 2.24) is 19.4 Å². The number of ether oxygens (including phenoxy) is 1. The average Bonchev–Trinajstić information content (AvgIpc) is 3.08. The quantitative estimate of drug-likeness (QED) is 0.697. The predicted octanol–water partition coefficient (Wildman–Crippen LogP) is 3.31. The van der Waals surface area contributed by atoms with Crippen LogP contribution in [0.15, 0.2) is 30.7 Å². The largest absolute Gasteiger partial charge is 0.391 e. The fourth-order valence-corrected chi connectivity index (χ4v) is 3.07. The molecule has 4 rings (SSSR count). The zero-order valence-corrected chi connectivity index (χ0v) is 16.2. The van der Waals surface area contributed by atoms with Crippen LogP contribution in [0, 0.1) is 0 Å². The Labute approximate surface area is 163 Å². The van der Waals surface area contributed by atoms with Crippen LogP contribution in [-0.2, 0) is 4.74 Å². The number of rotatable bonds is 2. The summed E-state index contributed by atoms with van der Waals surface area (Å²) in [5, 5.41) is 9.26. The van der Waals surface area contributed by atoms with Crippen molar-refractivity contribution in [2.24, 2.45) is 0 Å². The molecule has 0 amide bonds. The number of fused-ring (bicyclic) bond motifs is 1. The smallest absolute Gasteiger partial charge is 0.220 e. The highest BCUT2D eigenvalue weighted by molar-refractivity contribution is 6.32. The molecule has 27 heavy (non-hydrogen) atoms. The molecular weight excluding hydrogens is 366 g/mol. The Morgan fingerprint density at radius 3 is 2.74 bits per heavy atom. The van der Waals surface area contributed by atoms with Gasteiger partial charge in [-0.2, -0.15) is 0 Å². The van der Waals surface area contributed by atoms with Gasteiger partial charge in [0.05, 0.1) is 29.6 Å². The van der Waals surface area contributed by atoms with E-state index in [1.54, 1.807) is 0 Å². The van der Waals surface area contributed by atoms with Crippen molar-refractivity contribution in [2.75, 3.05) is 18.9 Å². The Hall–Kier alpha value is -2.22. The van der Waals surface area contributed by atoms with Gasteiger partial charge in [-0.1, -0.05) is 25.4 Å². The molecule has 7 nitrogen and oxygen atoms in total. The summed E-state index contributed by atoms with van der Waals surface area (Å²) in [4.78, 5) is 12.5. The molecule has 1 aliphatic heterocycles. The molecule has 0 spiro atoms. The van der Waals surface area contributed by atoms with E-state index in [0.717, 1.165) is 36.4 Å². The van der Waals surface area contributed by atoms with Gasteiger partial charge in [0.2, 0.25) is 5.95 Å². The van der Waals surface area contributed by atoms with Crippen molar-refractivity contribution in [3.8, 4) is 11.3 Å². The molecule has 4 heterocycles. The van der Waals surface area contributed by atoms with Crippen LogP contribution >= 0.6 is 11.6 Å². The molecule has 3 N–H and O–H groups in total. The van der Waals surface area contributed by atoms with Crippen molar-refractivity contribution >= 4 is 23.2 Å². The van der Waals surface area contributed by atoms with E-state index in [1.807, 2.05) is 24.5 Å². The van der Waals surface area contributed by atoms with Crippen molar-refractivity contribution in [3.05, 3.63) is 41.4 Å². The molecule has 0 bridgehead atoms. The maximum Gasteiger partial charge on any atom is 0.220 e. The van der Waals surface area contributed by atoms with Gasteiger partial charge in [0.25, 0.3) is 0 Å². The minimum atomic E-state index is -0.186. The number of halogens is 1. The molecule has 1 aliphatic rings. The third-order valence-corrected chi connectivity index (χ3v) is 4.57. The van der Waals surface area contributed by atoms with Gasteiger partial charge < -0.3 is 20.0 Å². The summed E-state index contributed by atoms with van der Waals surface area (Å²) in [5.74, 6) is 0.588. The summed E-state index contributed by atoms with van der Waals surface area (Å²) >= 11 is 6.15. The normalized spacial score (nSPS) is 17.0. The fraction of sp³-hybridized carbons (Fsp3) is 0.421. The monoisotopic (exact) mass is 389 g/mol. The summed E-state index contributed by atoms with van der Waals surface area (Å²) in [6.07, 6.45) is 7.13. The van der Waals surface area contributed by atoms with Gasteiger partial charge in [-0.15, -0.1) is 0 Å². The summed E-state index contributed by atoms with van der Waals surface area (Å²) in [5.41, 5.74) is 9.19. The van der Waals surface area contributed by atoms with Gasteiger partial charge in [-0.25, -0.2) is 15.0 Å². The first-order valence-electron chi connectivity index (χ1n) is 8.97. The van der Waals surface area contributed by atoms with E-state index in [-0.39, 0.29) is 12.1 Å². The molecule has 1 atom stereocenters. The third-order valence-electron chi connectivity index (χ3n) is 4.30. The van der Waals surface area contributed by atoms with Crippen LogP contribution < -0.4 is 5.73 Å². The van der Waals surface area contributed by atoms with Gasteiger partial charge in [-0.05, 0) is 30.9 Å². The first-order chi connectivity index (χ1) is 13.0. The molecule has 1 unspecified atom stereocenters. The van der Waals surface area contributed by atoms with Crippen molar-refractivity contribution in [2.45, 2.75) is 38.7 Å². The van der Waals surface area contributed by atoms with E-state index >= 15 is 0 Å². The molecule has 0 aromatic carbocycles. The Bertz CT molecular complexity index is 906. The van der Waals surface area contributed by atoms with Gasteiger partial charge in [0.1, 0.15) is 5.65 Å². The molecule has 0 aliphatic carbocycles.